The number of hydrogen-bond acceptors (Lipinski definition) is 5. The Morgan fingerprint density at radius 1 is 1.21 bits per heavy atom. The van der Waals surface area contributed by atoms with E-state index in [1.54, 1.807) is 25.1 Å². The van der Waals surface area contributed by atoms with Crippen molar-refractivity contribution >= 4 is 44.9 Å². The highest BCUT2D eigenvalue weighted by Gasteiger charge is 2.15. The van der Waals surface area contributed by atoms with Crippen LogP contribution < -0.4 is 10.9 Å². The number of hydrogen-bond donors (Lipinski definition) is 1. The first-order valence-corrected chi connectivity index (χ1v) is 10.6. The van der Waals surface area contributed by atoms with Crippen molar-refractivity contribution in [2.75, 3.05) is 11.1 Å². The van der Waals surface area contributed by atoms with Crippen LogP contribution in [0.4, 0.5) is 10.1 Å². The standard InChI is InChI=1S/C21H16FN3O2S2/c1-13-7-8-14(11-16(13)22)23-18(26)12-29-21-24-17-9-10-28-19(17)20(27)25(21)15-5-3-2-4-6-15/h2-11H,12H2,1H3,(H,23,26). The molecule has 0 fully saturated rings. The summed E-state index contributed by atoms with van der Waals surface area (Å²) in [6, 6.07) is 15.5. The fourth-order valence-corrected chi connectivity index (χ4v) is 4.36. The van der Waals surface area contributed by atoms with E-state index in [2.05, 4.69) is 10.3 Å². The number of carbonyl (C=O) groups is 1. The summed E-state index contributed by atoms with van der Waals surface area (Å²) >= 11 is 2.50. The molecule has 0 saturated carbocycles. The topological polar surface area (TPSA) is 64.0 Å². The Morgan fingerprint density at radius 2 is 2.00 bits per heavy atom. The molecule has 29 heavy (non-hydrogen) atoms. The summed E-state index contributed by atoms with van der Waals surface area (Å²) in [7, 11) is 0. The van der Waals surface area contributed by atoms with Gasteiger partial charge in [0.25, 0.3) is 5.56 Å². The van der Waals surface area contributed by atoms with Crippen LogP contribution >= 0.6 is 23.1 Å². The number of nitrogens with zero attached hydrogens (tertiary/aromatic N) is 2. The molecule has 2 heterocycles. The minimum Gasteiger partial charge on any atom is -0.325 e. The van der Waals surface area contributed by atoms with Crippen LogP contribution in [0, 0.1) is 12.7 Å². The summed E-state index contributed by atoms with van der Waals surface area (Å²) in [4.78, 5) is 29.9. The van der Waals surface area contributed by atoms with Gasteiger partial charge in [-0.3, -0.25) is 14.2 Å². The smallest absolute Gasteiger partial charge is 0.276 e. The van der Waals surface area contributed by atoms with Gasteiger partial charge in [0, 0.05) is 5.69 Å². The summed E-state index contributed by atoms with van der Waals surface area (Å²) in [5, 5.41) is 4.92. The maximum atomic E-state index is 13.7. The Bertz CT molecular complexity index is 1250. The summed E-state index contributed by atoms with van der Waals surface area (Å²) in [6.45, 7) is 1.66. The third kappa shape index (κ3) is 4.08. The number of aryl methyl sites for hydroxylation is 1. The maximum absolute atomic E-state index is 13.7. The fraction of sp³-hybridized carbons (Fsp3) is 0.0952. The van der Waals surface area contributed by atoms with E-state index in [9.17, 15) is 14.0 Å². The molecular weight excluding hydrogens is 409 g/mol. The third-order valence-corrected chi connectivity index (χ3v) is 6.08. The third-order valence-electron chi connectivity index (χ3n) is 4.25. The molecule has 0 aliphatic heterocycles. The van der Waals surface area contributed by atoms with Crippen molar-refractivity contribution in [1.82, 2.24) is 9.55 Å². The number of aromatic nitrogens is 2. The second kappa shape index (κ2) is 8.18. The molecular formula is C21H16FN3O2S2. The normalized spacial score (nSPS) is 11.0. The molecule has 0 atom stereocenters. The van der Waals surface area contributed by atoms with Gasteiger partial charge in [-0.1, -0.05) is 36.0 Å². The van der Waals surface area contributed by atoms with Gasteiger partial charge in [-0.05, 0) is 48.2 Å². The summed E-state index contributed by atoms with van der Waals surface area (Å²) in [6.07, 6.45) is 0. The zero-order chi connectivity index (χ0) is 20.4. The van der Waals surface area contributed by atoms with Gasteiger partial charge in [-0.15, -0.1) is 11.3 Å². The number of amides is 1. The minimum absolute atomic E-state index is 0.0322. The van der Waals surface area contributed by atoms with Crippen LogP contribution in [-0.4, -0.2) is 21.2 Å². The molecule has 0 spiro atoms. The van der Waals surface area contributed by atoms with Gasteiger partial charge in [0.05, 0.1) is 17.0 Å². The molecule has 8 heteroatoms. The molecule has 146 valence electrons. The lowest BCUT2D eigenvalue weighted by atomic mass is 10.2. The average molecular weight is 426 g/mol. The lowest BCUT2D eigenvalue weighted by Crippen LogP contribution is -2.22. The molecule has 0 saturated heterocycles. The van der Waals surface area contributed by atoms with E-state index < -0.39 is 0 Å². The van der Waals surface area contributed by atoms with Crippen molar-refractivity contribution < 1.29 is 9.18 Å². The molecule has 4 aromatic rings. The van der Waals surface area contributed by atoms with Gasteiger partial charge < -0.3 is 5.32 Å². The molecule has 1 amide bonds. The van der Waals surface area contributed by atoms with Gasteiger partial charge in [-0.25, -0.2) is 9.37 Å². The van der Waals surface area contributed by atoms with E-state index in [1.807, 2.05) is 35.7 Å². The maximum Gasteiger partial charge on any atom is 0.276 e. The number of fused-ring (bicyclic) bond motifs is 1. The van der Waals surface area contributed by atoms with Crippen LogP contribution in [0.3, 0.4) is 0 Å². The molecule has 0 aliphatic rings. The molecule has 2 aromatic heterocycles. The monoisotopic (exact) mass is 425 g/mol. The quantitative estimate of drug-likeness (QED) is 0.374. The highest BCUT2D eigenvalue weighted by Crippen LogP contribution is 2.24. The van der Waals surface area contributed by atoms with Crippen LogP contribution in [0.15, 0.2) is 69.9 Å². The predicted octanol–water partition coefficient (Wildman–Crippen LogP) is 4.63. The van der Waals surface area contributed by atoms with Gasteiger partial charge in [0.2, 0.25) is 5.91 Å². The van der Waals surface area contributed by atoms with E-state index in [0.29, 0.717) is 32.3 Å². The first-order chi connectivity index (χ1) is 14.0. The number of benzene rings is 2. The second-order valence-electron chi connectivity index (χ2n) is 6.31. The van der Waals surface area contributed by atoms with Crippen molar-refractivity contribution in [3.8, 4) is 5.69 Å². The van der Waals surface area contributed by atoms with Crippen LogP contribution in [-0.2, 0) is 4.79 Å². The first kappa shape index (κ1) is 19.4. The Kier molecular flexibility index (Phi) is 5.46. The second-order valence-corrected chi connectivity index (χ2v) is 8.16. The van der Waals surface area contributed by atoms with Crippen LogP contribution in [0.5, 0.6) is 0 Å². The first-order valence-electron chi connectivity index (χ1n) is 8.77. The highest BCUT2D eigenvalue weighted by molar-refractivity contribution is 7.99. The van der Waals surface area contributed by atoms with E-state index in [-0.39, 0.29) is 23.0 Å². The fourth-order valence-electron chi connectivity index (χ4n) is 2.79. The number of thioether (sulfide) groups is 1. The molecule has 0 bridgehead atoms. The van der Waals surface area contributed by atoms with Crippen molar-refractivity contribution in [2.24, 2.45) is 0 Å². The molecule has 5 nitrogen and oxygen atoms in total. The Morgan fingerprint density at radius 3 is 2.76 bits per heavy atom. The molecule has 1 N–H and O–H groups in total. The predicted molar refractivity (Wildman–Crippen MR) is 116 cm³/mol. The van der Waals surface area contributed by atoms with Gasteiger partial charge in [0.15, 0.2) is 5.16 Å². The van der Waals surface area contributed by atoms with Crippen molar-refractivity contribution in [3.05, 3.63) is 81.7 Å². The SMILES string of the molecule is Cc1ccc(NC(=O)CSc2nc3ccsc3c(=O)n2-c2ccccc2)cc1F. The Hall–Kier alpha value is -2.97. The van der Waals surface area contributed by atoms with Crippen LogP contribution in [0.1, 0.15) is 5.56 Å². The van der Waals surface area contributed by atoms with Crippen LogP contribution in [0.2, 0.25) is 0 Å². The lowest BCUT2D eigenvalue weighted by Gasteiger charge is -2.12. The molecule has 2 aromatic carbocycles. The minimum atomic E-state index is -0.377. The molecule has 0 aliphatic carbocycles. The number of carbonyl (C=O) groups excluding carboxylic acids is 1. The summed E-state index contributed by atoms with van der Waals surface area (Å²) < 4.78 is 15.8. The van der Waals surface area contributed by atoms with Crippen LogP contribution in [0.25, 0.3) is 15.9 Å². The lowest BCUT2D eigenvalue weighted by molar-refractivity contribution is -0.113. The highest BCUT2D eigenvalue weighted by atomic mass is 32.2. The number of nitrogens with one attached hydrogen (secondary N) is 1. The van der Waals surface area contributed by atoms with E-state index >= 15 is 0 Å². The van der Waals surface area contributed by atoms with E-state index in [0.717, 1.165) is 11.8 Å². The summed E-state index contributed by atoms with van der Waals surface area (Å²) in [5.41, 5.74) is 2.03. The van der Waals surface area contributed by atoms with Crippen molar-refractivity contribution in [2.45, 2.75) is 12.1 Å². The largest absolute Gasteiger partial charge is 0.325 e. The van der Waals surface area contributed by atoms with E-state index in [4.69, 9.17) is 0 Å². The number of para-hydroxylation sites is 1. The zero-order valence-electron chi connectivity index (χ0n) is 15.4. The van der Waals surface area contributed by atoms with Gasteiger partial charge in [0.1, 0.15) is 10.5 Å². The van der Waals surface area contributed by atoms with Crippen molar-refractivity contribution in [3.63, 3.8) is 0 Å². The van der Waals surface area contributed by atoms with E-state index in [1.165, 1.54) is 22.0 Å². The Balaban J connectivity index is 1.61. The average Bonchev–Trinajstić information content (AvgIpc) is 3.19. The zero-order valence-corrected chi connectivity index (χ0v) is 17.0. The van der Waals surface area contributed by atoms with Gasteiger partial charge in [-0.2, -0.15) is 0 Å². The Labute approximate surface area is 174 Å². The number of anilines is 1. The number of halogens is 1. The molecule has 0 radical (unpaired) electrons. The van der Waals surface area contributed by atoms with Gasteiger partial charge >= 0.3 is 0 Å². The number of rotatable bonds is 5. The number of thiophene rings is 1. The van der Waals surface area contributed by atoms with Crippen molar-refractivity contribution in [1.29, 1.82) is 0 Å². The summed E-state index contributed by atoms with van der Waals surface area (Å²) in [5.74, 6) is -0.653. The molecule has 4 rings (SSSR count). The molecule has 0 unspecified atom stereocenters.